The standard InChI is InChI=1S/C17H20N2O2/c1-2-14-11-21-8-7-19(14)17(20)15-9-12-5-3-4-6-13(12)10-16(15)18/h3-6,9-10,14H,2,7-8,11,18H2,1H3. The molecule has 4 nitrogen and oxygen atoms in total. The Labute approximate surface area is 124 Å². The van der Waals surface area contributed by atoms with Gasteiger partial charge in [0.15, 0.2) is 0 Å². The summed E-state index contributed by atoms with van der Waals surface area (Å²) in [6.45, 7) is 3.90. The SMILES string of the molecule is CCC1COCCN1C(=O)c1cc2ccccc2cc1N. The quantitative estimate of drug-likeness (QED) is 0.863. The van der Waals surface area contributed by atoms with E-state index in [1.807, 2.05) is 41.3 Å². The molecule has 2 N–H and O–H groups in total. The number of nitrogen functional groups attached to an aromatic ring is 1. The van der Waals surface area contributed by atoms with Gasteiger partial charge < -0.3 is 15.4 Å². The Balaban J connectivity index is 1.98. The molecule has 1 heterocycles. The van der Waals surface area contributed by atoms with Gasteiger partial charge in [0.05, 0.1) is 24.8 Å². The van der Waals surface area contributed by atoms with Gasteiger partial charge in [-0.25, -0.2) is 0 Å². The van der Waals surface area contributed by atoms with Gasteiger partial charge in [0.1, 0.15) is 0 Å². The van der Waals surface area contributed by atoms with E-state index < -0.39 is 0 Å². The molecule has 1 unspecified atom stereocenters. The Morgan fingerprint density at radius 1 is 1.33 bits per heavy atom. The maximum Gasteiger partial charge on any atom is 0.256 e. The van der Waals surface area contributed by atoms with Gasteiger partial charge in [-0.05, 0) is 29.3 Å². The van der Waals surface area contributed by atoms with Crippen LogP contribution in [0.2, 0.25) is 0 Å². The lowest BCUT2D eigenvalue weighted by Gasteiger charge is -2.35. The smallest absolute Gasteiger partial charge is 0.256 e. The first kappa shape index (κ1) is 13.9. The van der Waals surface area contributed by atoms with E-state index in [-0.39, 0.29) is 11.9 Å². The molecule has 1 amide bonds. The number of hydrogen-bond donors (Lipinski definition) is 1. The minimum atomic E-state index is 0.00778. The van der Waals surface area contributed by atoms with Crippen LogP contribution < -0.4 is 5.73 Å². The fraction of sp³-hybridized carbons (Fsp3) is 0.353. The highest BCUT2D eigenvalue weighted by atomic mass is 16.5. The van der Waals surface area contributed by atoms with Crippen molar-refractivity contribution in [1.82, 2.24) is 4.90 Å². The number of nitrogens with two attached hydrogens (primary N) is 1. The van der Waals surface area contributed by atoms with Gasteiger partial charge in [-0.15, -0.1) is 0 Å². The molecule has 0 bridgehead atoms. The van der Waals surface area contributed by atoms with Crippen molar-refractivity contribution in [1.29, 1.82) is 0 Å². The number of carbonyl (C=O) groups is 1. The number of carbonyl (C=O) groups excluding carboxylic acids is 1. The molecule has 0 aromatic heterocycles. The van der Waals surface area contributed by atoms with Crippen molar-refractivity contribution >= 4 is 22.4 Å². The molecule has 1 atom stereocenters. The fourth-order valence-corrected chi connectivity index (χ4v) is 2.86. The van der Waals surface area contributed by atoms with Crippen molar-refractivity contribution in [2.75, 3.05) is 25.5 Å². The zero-order valence-electron chi connectivity index (χ0n) is 12.2. The van der Waals surface area contributed by atoms with Crippen molar-refractivity contribution in [3.8, 4) is 0 Å². The lowest BCUT2D eigenvalue weighted by atomic mass is 10.0. The molecule has 2 aromatic rings. The molecule has 0 spiro atoms. The molecule has 1 saturated heterocycles. The summed E-state index contributed by atoms with van der Waals surface area (Å²) in [6, 6.07) is 11.9. The van der Waals surface area contributed by atoms with Crippen LogP contribution in [0.4, 0.5) is 5.69 Å². The van der Waals surface area contributed by atoms with Gasteiger partial charge >= 0.3 is 0 Å². The van der Waals surface area contributed by atoms with Crippen LogP contribution in [0.1, 0.15) is 23.7 Å². The first-order valence-corrected chi connectivity index (χ1v) is 7.37. The van der Waals surface area contributed by atoms with Crippen molar-refractivity contribution in [2.24, 2.45) is 0 Å². The van der Waals surface area contributed by atoms with E-state index >= 15 is 0 Å². The van der Waals surface area contributed by atoms with Gasteiger partial charge in [0.25, 0.3) is 5.91 Å². The summed E-state index contributed by atoms with van der Waals surface area (Å²) in [5, 5.41) is 2.09. The van der Waals surface area contributed by atoms with E-state index in [1.165, 1.54) is 0 Å². The summed E-state index contributed by atoms with van der Waals surface area (Å²) in [5.41, 5.74) is 7.24. The Bertz CT molecular complexity index is 669. The van der Waals surface area contributed by atoms with E-state index in [0.717, 1.165) is 17.2 Å². The molecule has 1 aliphatic rings. The van der Waals surface area contributed by atoms with Gasteiger partial charge in [0.2, 0.25) is 0 Å². The van der Waals surface area contributed by atoms with Crippen molar-refractivity contribution in [3.63, 3.8) is 0 Å². The Hall–Kier alpha value is -2.07. The number of nitrogens with zero attached hydrogens (tertiary/aromatic N) is 1. The second kappa shape index (κ2) is 5.74. The van der Waals surface area contributed by atoms with Crippen LogP contribution in [0.3, 0.4) is 0 Å². The summed E-state index contributed by atoms with van der Waals surface area (Å²) in [6.07, 6.45) is 0.888. The van der Waals surface area contributed by atoms with E-state index in [2.05, 4.69) is 6.92 Å². The molecule has 1 aliphatic heterocycles. The van der Waals surface area contributed by atoms with E-state index in [4.69, 9.17) is 10.5 Å². The molecule has 21 heavy (non-hydrogen) atoms. The Morgan fingerprint density at radius 2 is 2.05 bits per heavy atom. The molecule has 0 radical (unpaired) electrons. The third-order valence-electron chi connectivity index (χ3n) is 4.11. The predicted molar refractivity (Wildman–Crippen MR) is 84.3 cm³/mol. The summed E-state index contributed by atoms with van der Waals surface area (Å²) < 4.78 is 5.46. The van der Waals surface area contributed by atoms with Crippen molar-refractivity contribution < 1.29 is 9.53 Å². The first-order valence-electron chi connectivity index (χ1n) is 7.37. The van der Waals surface area contributed by atoms with Crippen LogP contribution in [-0.2, 0) is 4.74 Å². The maximum atomic E-state index is 12.8. The van der Waals surface area contributed by atoms with E-state index in [0.29, 0.717) is 31.0 Å². The Kier molecular flexibility index (Phi) is 3.80. The lowest BCUT2D eigenvalue weighted by Crippen LogP contribution is -2.48. The topological polar surface area (TPSA) is 55.6 Å². The van der Waals surface area contributed by atoms with Gasteiger partial charge in [-0.3, -0.25) is 4.79 Å². The second-order valence-corrected chi connectivity index (χ2v) is 5.42. The van der Waals surface area contributed by atoms with Crippen molar-refractivity contribution in [2.45, 2.75) is 19.4 Å². The van der Waals surface area contributed by atoms with Crippen molar-refractivity contribution in [3.05, 3.63) is 42.0 Å². The monoisotopic (exact) mass is 284 g/mol. The normalized spacial score (nSPS) is 18.9. The summed E-state index contributed by atoms with van der Waals surface area (Å²) in [4.78, 5) is 14.7. The van der Waals surface area contributed by atoms with Crippen LogP contribution in [-0.4, -0.2) is 36.6 Å². The largest absolute Gasteiger partial charge is 0.398 e. The average Bonchev–Trinajstić information content (AvgIpc) is 2.53. The molecule has 0 saturated carbocycles. The van der Waals surface area contributed by atoms with Crippen LogP contribution in [0.25, 0.3) is 10.8 Å². The van der Waals surface area contributed by atoms with Crippen LogP contribution in [0.5, 0.6) is 0 Å². The summed E-state index contributed by atoms with van der Waals surface area (Å²) >= 11 is 0. The number of rotatable bonds is 2. The second-order valence-electron chi connectivity index (χ2n) is 5.42. The number of anilines is 1. The van der Waals surface area contributed by atoms with Crippen LogP contribution in [0, 0.1) is 0 Å². The van der Waals surface area contributed by atoms with Gasteiger partial charge in [0, 0.05) is 12.2 Å². The van der Waals surface area contributed by atoms with Gasteiger partial charge in [-0.1, -0.05) is 31.2 Å². The maximum absolute atomic E-state index is 12.8. The summed E-state index contributed by atoms with van der Waals surface area (Å²) in [5.74, 6) is 0.00778. The minimum absolute atomic E-state index is 0.00778. The molecule has 110 valence electrons. The number of ether oxygens (including phenoxy) is 1. The third-order valence-corrected chi connectivity index (χ3v) is 4.11. The molecule has 3 rings (SSSR count). The molecule has 2 aromatic carbocycles. The lowest BCUT2D eigenvalue weighted by molar-refractivity contribution is -0.00273. The predicted octanol–water partition coefficient (Wildman–Crippen LogP) is 2.67. The zero-order chi connectivity index (χ0) is 14.8. The molecule has 1 fully saturated rings. The molecular weight excluding hydrogens is 264 g/mol. The number of morpholine rings is 1. The molecule has 4 heteroatoms. The highest BCUT2D eigenvalue weighted by molar-refractivity contribution is 6.04. The van der Waals surface area contributed by atoms with E-state index in [9.17, 15) is 4.79 Å². The first-order chi connectivity index (χ1) is 10.2. The number of hydrogen-bond acceptors (Lipinski definition) is 3. The zero-order valence-corrected chi connectivity index (χ0v) is 12.2. The van der Waals surface area contributed by atoms with Crippen LogP contribution >= 0.6 is 0 Å². The highest BCUT2D eigenvalue weighted by Gasteiger charge is 2.27. The van der Waals surface area contributed by atoms with E-state index in [1.54, 1.807) is 0 Å². The number of fused-ring (bicyclic) bond motifs is 1. The third kappa shape index (κ3) is 2.59. The van der Waals surface area contributed by atoms with Gasteiger partial charge in [-0.2, -0.15) is 0 Å². The van der Waals surface area contributed by atoms with Crippen LogP contribution in [0.15, 0.2) is 36.4 Å². The highest BCUT2D eigenvalue weighted by Crippen LogP contribution is 2.24. The number of amides is 1. The molecular formula is C17H20N2O2. The minimum Gasteiger partial charge on any atom is -0.398 e. The number of benzene rings is 2. The average molecular weight is 284 g/mol. The fourth-order valence-electron chi connectivity index (χ4n) is 2.86. The summed E-state index contributed by atoms with van der Waals surface area (Å²) in [7, 11) is 0. The Morgan fingerprint density at radius 3 is 2.76 bits per heavy atom. The molecule has 0 aliphatic carbocycles.